The zero-order chi connectivity index (χ0) is 20.3. The van der Waals surface area contributed by atoms with E-state index in [1.165, 1.54) is 63.7 Å². The van der Waals surface area contributed by atoms with E-state index < -0.39 is 0 Å². The van der Waals surface area contributed by atoms with Gasteiger partial charge in [0.2, 0.25) is 0 Å². The number of nitrogens with zero attached hydrogens (tertiary/aromatic N) is 4. The highest BCUT2D eigenvalue weighted by Gasteiger charge is 2.15. The predicted molar refractivity (Wildman–Crippen MR) is 138 cm³/mol. The largest absolute Gasteiger partial charge is 0.357 e. The number of pyridine rings is 1. The van der Waals surface area contributed by atoms with Gasteiger partial charge in [0, 0.05) is 39.4 Å². The fourth-order valence-electron chi connectivity index (χ4n) is 4.24. The van der Waals surface area contributed by atoms with Gasteiger partial charge in [-0.15, -0.1) is 24.0 Å². The van der Waals surface area contributed by atoms with Crippen molar-refractivity contribution in [2.24, 2.45) is 10.9 Å². The molecular weight excluding hydrogens is 487 g/mol. The number of piperidine rings is 1. The molecule has 0 radical (unpaired) electrons. The molecule has 0 atom stereocenters. The summed E-state index contributed by atoms with van der Waals surface area (Å²) in [7, 11) is 1.84. The Bertz CT molecular complexity index is 622. The zero-order valence-electron chi connectivity index (χ0n) is 18.9. The Morgan fingerprint density at radius 3 is 2.53 bits per heavy atom. The molecule has 3 heterocycles. The summed E-state index contributed by atoms with van der Waals surface area (Å²) in [5.41, 5.74) is 1.25. The van der Waals surface area contributed by atoms with Gasteiger partial charge in [-0.1, -0.05) is 19.8 Å². The molecule has 170 valence electrons. The normalized spacial score (nSPS) is 19.1. The highest BCUT2D eigenvalue weighted by atomic mass is 127. The number of hydrogen-bond acceptors (Lipinski definition) is 4. The van der Waals surface area contributed by atoms with E-state index >= 15 is 0 Å². The Morgan fingerprint density at radius 1 is 1.10 bits per heavy atom. The molecule has 6 nitrogen and oxygen atoms in total. The standard InChI is InChI=1S/C23H40N6.HI/c1-20-9-16-28(17-10-20)13-7-11-26-23(24-2)27-19-21-8-12-25-22(18-21)29-14-5-3-4-6-15-29;/h8,12,18,20H,3-7,9-11,13-17,19H2,1-2H3,(H2,24,26,27);1H. The Morgan fingerprint density at radius 2 is 1.83 bits per heavy atom. The topological polar surface area (TPSA) is 55.8 Å². The maximum Gasteiger partial charge on any atom is 0.191 e. The van der Waals surface area contributed by atoms with Crippen LogP contribution in [0, 0.1) is 5.92 Å². The second-order valence-electron chi connectivity index (χ2n) is 8.65. The molecule has 3 rings (SSSR count). The highest BCUT2D eigenvalue weighted by molar-refractivity contribution is 14.0. The first-order valence-corrected chi connectivity index (χ1v) is 11.6. The maximum atomic E-state index is 4.61. The number of hydrogen-bond donors (Lipinski definition) is 2. The van der Waals surface area contributed by atoms with Crippen LogP contribution in [0.25, 0.3) is 0 Å². The molecule has 2 aliphatic rings. The van der Waals surface area contributed by atoms with E-state index in [0.29, 0.717) is 0 Å². The van der Waals surface area contributed by atoms with Gasteiger partial charge < -0.3 is 20.4 Å². The Balaban J connectivity index is 0.00000320. The Hall–Kier alpha value is -1.09. The molecule has 2 saturated heterocycles. The van der Waals surface area contributed by atoms with Gasteiger partial charge in [0.25, 0.3) is 0 Å². The molecule has 2 N–H and O–H groups in total. The summed E-state index contributed by atoms with van der Waals surface area (Å²) in [4.78, 5) is 14.0. The van der Waals surface area contributed by atoms with Gasteiger partial charge in [0.15, 0.2) is 5.96 Å². The molecule has 7 heteroatoms. The number of rotatable bonds is 7. The second kappa shape index (κ2) is 14.1. The summed E-state index contributed by atoms with van der Waals surface area (Å²) in [6.07, 6.45) is 11.0. The van der Waals surface area contributed by atoms with Gasteiger partial charge in [-0.05, 0) is 75.4 Å². The summed E-state index contributed by atoms with van der Waals surface area (Å²) >= 11 is 0. The van der Waals surface area contributed by atoms with Crippen molar-refractivity contribution < 1.29 is 0 Å². The molecule has 0 amide bonds. The average Bonchev–Trinajstić information content (AvgIpc) is 3.04. The number of aromatic nitrogens is 1. The van der Waals surface area contributed by atoms with Crippen LogP contribution in [0.3, 0.4) is 0 Å². The van der Waals surface area contributed by atoms with E-state index in [-0.39, 0.29) is 24.0 Å². The summed E-state index contributed by atoms with van der Waals surface area (Å²) in [6.45, 7) is 10.1. The van der Waals surface area contributed by atoms with Crippen LogP contribution >= 0.6 is 24.0 Å². The van der Waals surface area contributed by atoms with E-state index in [1.807, 2.05) is 13.2 Å². The third kappa shape index (κ3) is 8.57. The number of nitrogens with one attached hydrogen (secondary N) is 2. The minimum Gasteiger partial charge on any atom is -0.357 e. The molecule has 0 aliphatic carbocycles. The lowest BCUT2D eigenvalue weighted by Crippen LogP contribution is -2.39. The van der Waals surface area contributed by atoms with Crippen molar-refractivity contribution in [1.82, 2.24) is 20.5 Å². The van der Waals surface area contributed by atoms with Gasteiger partial charge in [-0.25, -0.2) is 4.98 Å². The molecule has 0 unspecified atom stereocenters. The number of likely N-dealkylation sites (tertiary alicyclic amines) is 1. The first kappa shape index (κ1) is 25.2. The summed E-state index contributed by atoms with van der Waals surface area (Å²) in [5.74, 6) is 2.90. The fourth-order valence-corrected chi connectivity index (χ4v) is 4.24. The van der Waals surface area contributed by atoms with E-state index in [0.717, 1.165) is 50.3 Å². The summed E-state index contributed by atoms with van der Waals surface area (Å²) in [5, 5.41) is 6.91. The quantitative estimate of drug-likeness (QED) is 0.244. The minimum atomic E-state index is 0. The van der Waals surface area contributed by atoms with Crippen LogP contribution in [0.1, 0.15) is 57.4 Å². The average molecular weight is 529 g/mol. The Labute approximate surface area is 200 Å². The number of aliphatic imine (C=N–C) groups is 1. The SMILES string of the molecule is CN=C(NCCCN1CCC(C)CC1)NCc1ccnc(N2CCCCCC2)c1.I. The molecule has 30 heavy (non-hydrogen) atoms. The molecule has 0 aromatic carbocycles. The van der Waals surface area contributed by atoms with Crippen molar-refractivity contribution in [2.45, 2.75) is 58.4 Å². The first-order valence-electron chi connectivity index (χ1n) is 11.6. The first-order chi connectivity index (χ1) is 14.2. The van der Waals surface area contributed by atoms with Gasteiger partial charge in [-0.2, -0.15) is 0 Å². The monoisotopic (exact) mass is 528 g/mol. The molecule has 0 spiro atoms. The predicted octanol–water partition coefficient (Wildman–Crippen LogP) is 3.87. The number of halogens is 1. The van der Waals surface area contributed by atoms with Crippen LogP contribution in [0.15, 0.2) is 23.3 Å². The van der Waals surface area contributed by atoms with Crippen molar-refractivity contribution in [3.05, 3.63) is 23.9 Å². The van der Waals surface area contributed by atoms with Gasteiger partial charge in [0.05, 0.1) is 0 Å². The molecule has 1 aromatic heterocycles. The minimum absolute atomic E-state index is 0. The van der Waals surface area contributed by atoms with Gasteiger partial charge >= 0.3 is 0 Å². The second-order valence-corrected chi connectivity index (χ2v) is 8.65. The third-order valence-electron chi connectivity index (χ3n) is 6.24. The smallest absolute Gasteiger partial charge is 0.191 e. The van der Waals surface area contributed by atoms with Gasteiger partial charge in [0.1, 0.15) is 5.82 Å². The number of guanidine groups is 1. The van der Waals surface area contributed by atoms with Gasteiger partial charge in [-0.3, -0.25) is 4.99 Å². The van der Waals surface area contributed by atoms with E-state index in [1.54, 1.807) is 0 Å². The van der Waals surface area contributed by atoms with E-state index in [4.69, 9.17) is 0 Å². The lowest BCUT2D eigenvalue weighted by atomic mass is 9.99. The van der Waals surface area contributed by atoms with E-state index in [9.17, 15) is 0 Å². The van der Waals surface area contributed by atoms with Crippen molar-refractivity contribution >= 4 is 35.8 Å². The van der Waals surface area contributed by atoms with Crippen molar-refractivity contribution in [3.63, 3.8) is 0 Å². The van der Waals surface area contributed by atoms with Crippen LogP contribution in [0.5, 0.6) is 0 Å². The lowest BCUT2D eigenvalue weighted by molar-refractivity contribution is 0.191. The van der Waals surface area contributed by atoms with Crippen molar-refractivity contribution in [1.29, 1.82) is 0 Å². The van der Waals surface area contributed by atoms with Crippen LogP contribution in [0.2, 0.25) is 0 Å². The fraction of sp³-hybridized carbons (Fsp3) is 0.739. The van der Waals surface area contributed by atoms with Crippen LogP contribution < -0.4 is 15.5 Å². The molecule has 2 fully saturated rings. The van der Waals surface area contributed by atoms with E-state index in [2.05, 4.69) is 49.5 Å². The molecule has 0 saturated carbocycles. The molecule has 1 aromatic rings. The lowest BCUT2D eigenvalue weighted by Gasteiger charge is -2.30. The molecule has 2 aliphatic heterocycles. The molecular formula is C23H41IN6. The van der Waals surface area contributed by atoms with Crippen molar-refractivity contribution in [3.8, 4) is 0 Å². The van der Waals surface area contributed by atoms with Crippen LogP contribution in [-0.4, -0.2) is 62.2 Å². The highest BCUT2D eigenvalue weighted by Crippen LogP contribution is 2.18. The van der Waals surface area contributed by atoms with Crippen LogP contribution in [-0.2, 0) is 6.54 Å². The Kier molecular flexibility index (Phi) is 11.8. The molecule has 0 bridgehead atoms. The number of anilines is 1. The summed E-state index contributed by atoms with van der Waals surface area (Å²) in [6, 6.07) is 4.32. The third-order valence-corrected chi connectivity index (χ3v) is 6.24. The maximum absolute atomic E-state index is 4.61. The zero-order valence-corrected chi connectivity index (χ0v) is 21.2. The van der Waals surface area contributed by atoms with Crippen LogP contribution in [0.4, 0.5) is 5.82 Å². The van der Waals surface area contributed by atoms with Crippen molar-refractivity contribution in [2.75, 3.05) is 51.2 Å². The summed E-state index contributed by atoms with van der Waals surface area (Å²) < 4.78 is 0.